The van der Waals surface area contributed by atoms with Gasteiger partial charge in [-0.2, -0.15) is 5.11 Å². The molecule has 0 bridgehead atoms. The molecule has 0 atom stereocenters. The summed E-state index contributed by atoms with van der Waals surface area (Å²) in [5.74, 6) is 0.0899. The maximum Gasteiger partial charge on any atom is 0.261 e. The fourth-order valence-corrected chi connectivity index (χ4v) is 3.48. The van der Waals surface area contributed by atoms with Crippen LogP contribution >= 0.6 is 0 Å². The number of hydrogen-bond acceptors (Lipinski definition) is 6. The lowest BCUT2D eigenvalue weighted by molar-refractivity contribution is 0.471. The van der Waals surface area contributed by atoms with Gasteiger partial charge in [0.1, 0.15) is 11.4 Å². The molecule has 0 unspecified atom stereocenters. The molecule has 7 nitrogen and oxygen atoms in total. The van der Waals surface area contributed by atoms with E-state index in [1.165, 1.54) is 18.2 Å². The van der Waals surface area contributed by atoms with Crippen molar-refractivity contribution in [2.24, 2.45) is 10.2 Å². The minimum absolute atomic E-state index is 0.0899. The van der Waals surface area contributed by atoms with Gasteiger partial charge in [-0.05, 0) is 61.9 Å². The molecule has 3 aromatic rings. The lowest BCUT2D eigenvalue weighted by atomic mass is 10.2. The van der Waals surface area contributed by atoms with Gasteiger partial charge < -0.3 is 10.8 Å². The summed E-state index contributed by atoms with van der Waals surface area (Å²) < 4.78 is 27.5. The van der Waals surface area contributed by atoms with Crippen LogP contribution in [0, 0.1) is 13.8 Å². The summed E-state index contributed by atoms with van der Waals surface area (Å²) in [6.45, 7) is 3.66. The largest absolute Gasteiger partial charge is 0.508 e. The molecule has 8 heteroatoms. The number of hydrogen-bond donors (Lipinski definition) is 3. The molecular formula is C20H20N4O3S. The van der Waals surface area contributed by atoms with Crippen molar-refractivity contribution in [3.63, 3.8) is 0 Å². The van der Waals surface area contributed by atoms with Crippen molar-refractivity contribution in [1.82, 2.24) is 0 Å². The Morgan fingerprint density at radius 3 is 2.21 bits per heavy atom. The normalized spacial score (nSPS) is 11.6. The van der Waals surface area contributed by atoms with E-state index in [9.17, 15) is 13.5 Å². The summed E-state index contributed by atoms with van der Waals surface area (Å²) >= 11 is 0. The van der Waals surface area contributed by atoms with Gasteiger partial charge in [0.2, 0.25) is 0 Å². The topological polar surface area (TPSA) is 117 Å². The molecule has 0 saturated carbocycles. The maximum atomic E-state index is 12.5. The molecule has 0 saturated heterocycles. The van der Waals surface area contributed by atoms with E-state index >= 15 is 0 Å². The summed E-state index contributed by atoms with van der Waals surface area (Å²) in [5, 5.41) is 17.8. The Hall–Kier alpha value is -3.39. The number of phenolic OH excluding ortho intramolecular Hbond substituents is 1. The summed E-state index contributed by atoms with van der Waals surface area (Å²) in [4.78, 5) is 0.118. The first kappa shape index (κ1) is 19.4. The SMILES string of the molecule is Cc1ccc(NS(=O)(=O)c2ccc(N=Nc3cc(C)c(O)cc3N)cc2)cc1. The average molecular weight is 396 g/mol. The van der Waals surface area contributed by atoms with Crippen molar-refractivity contribution in [1.29, 1.82) is 0 Å². The van der Waals surface area contributed by atoms with Gasteiger partial charge in [0.05, 0.1) is 16.3 Å². The number of rotatable bonds is 5. The molecule has 0 spiro atoms. The Kier molecular flexibility index (Phi) is 5.32. The first-order valence-corrected chi connectivity index (χ1v) is 9.93. The van der Waals surface area contributed by atoms with Gasteiger partial charge in [0.25, 0.3) is 10.0 Å². The van der Waals surface area contributed by atoms with Crippen molar-refractivity contribution in [2.45, 2.75) is 18.7 Å². The van der Waals surface area contributed by atoms with E-state index in [1.54, 1.807) is 37.3 Å². The molecule has 0 aliphatic rings. The van der Waals surface area contributed by atoms with Crippen LogP contribution in [0.2, 0.25) is 0 Å². The van der Waals surface area contributed by atoms with Crippen LogP contribution in [0.1, 0.15) is 11.1 Å². The molecule has 3 rings (SSSR count). The van der Waals surface area contributed by atoms with Gasteiger partial charge in [-0.15, -0.1) is 5.11 Å². The van der Waals surface area contributed by atoms with E-state index in [0.29, 0.717) is 28.3 Å². The number of nitrogens with zero attached hydrogens (tertiary/aromatic N) is 2. The van der Waals surface area contributed by atoms with Gasteiger partial charge in [-0.3, -0.25) is 4.72 Å². The predicted molar refractivity (Wildman–Crippen MR) is 110 cm³/mol. The summed E-state index contributed by atoms with van der Waals surface area (Å²) in [6.07, 6.45) is 0. The van der Waals surface area contributed by atoms with E-state index in [2.05, 4.69) is 15.0 Å². The van der Waals surface area contributed by atoms with Gasteiger partial charge in [0, 0.05) is 11.8 Å². The van der Waals surface area contributed by atoms with Crippen LogP contribution in [0.4, 0.5) is 22.7 Å². The zero-order valence-corrected chi connectivity index (χ0v) is 16.2. The van der Waals surface area contributed by atoms with Crippen molar-refractivity contribution < 1.29 is 13.5 Å². The van der Waals surface area contributed by atoms with Crippen molar-refractivity contribution >= 4 is 32.8 Å². The Balaban J connectivity index is 1.77. The number of aromatic hydroxyl groups is 1. The van der Waals surface area contributed by atoms with Crippen LogP contribution in [0.15, 0.2) is 75.8 Å². The molecule has 0 aromatic heterocycles. The third-order valence-electron chi connectivity index (χ3n) is 4.07. The molecule has 28 heavy (non-hydrogen) atoms. The highest BCUT2D eigenvalue weighted by Gasteiger charge is 2.14. The zero-order chi connectivity index (χ0) is 20.3. The van der Waals surface area contributed by atoms with Crippen LogP contribution in [-0.2, 0) is 10.0 Å². The van der Waals surface area contributed by atoms with E-state index in [4.69, 9.17) is 5.73 Å². The third-order valence-corrected chi connectivity index (χ3v) is 5.47. The number of sulfonamides is 1. The second kappa shape index (κ2) is 7.69. The lowest BCUT2D eigenvalue weighted by Gasteiger charge is -2.08. The van der Waals surface area contributed by atoms with Crippen molar-refractivity contribution in [3.8, 4) is 5.75 Å². The number of phenols is 1. The summed E-state index contributed by atoms with van der Waals surface area (Å²) in [6, 6.07) is 16.1. The van der Waals surface area contributed by atoms with Crippen LogP contribution < -0.4 is 10.5 Å². The Bertz CT molecular complexity index is 1120. The first-order valence-electron chi connectivity index (χ1n) is 8.45. The second-order valence-corrected chi connectivity index (χ2v) is 8.05. The highest BCUT2D eigenvalue weighted by atomic mass is 32.2. The quantitative estimate of drug-likeness (QED) is 0.424. The Labute approximate surface area is 163 Å². The van der Waals surface area contributed by atoms with E-state index in [-0.39, 0.29) is 10.6 Å². The molecule has 0 aliphatic heterocycles. The number of azo groups is 1. The maximum absolute atomic E-state index is 12.5. The van der Waals surface area contributed by atoms with Crippen LogP contribution in [0.5, 0.6) is 5.75 Å². The minimum atomic E-state index is -3.70. The van der Waals surface area contributed by atoms with Gasteiger partial charge in [-0.1, -0.05) is 17.7 Å². The van der Waals surface area contributed by atoms with E-state index in [1.807, 2.05) is 19.1 Å². The molecule has 0 aliphatic carbocycles. The minimum Gasteiger partial charge on any atom is -0.508 e. The molecular weight excluding hydrogens is 376 g/mol. The van der Waals surface area contributed by atoms with Crippen LogP contribution in [0.25, 0.3) is 0 Å². The van der Waals surface area contributed by atoms with E-state index in [0.717, 1.165) is 5.56 Å². The molecule has 144 valence electrons. The first-order chi connectivity index (χ1) is 13.2. The zero-order valence-electron chi connectivity index (χ0n) is 15.4. The average Bonchev–Trinajstić information content (AvgIpc) is 2.66. The number of nitrogens with one attached hydrogen (secondary N) is 1. The standard InChI is InChI=1S/C20H20N4O3S/c1-13-3-5-16(6-4-13)24-28(26,27)17-9-7-15(8-10-17)22-23-19-11-14(2)20(25)12-18(19)21/h3-12,24-25H,21H2,1-2H3. The molecule has 0 radical (unpaired) electrons. The fraction of sp³-hybridized carbons (Fsp3) is 0.100. The molecule has 0 amide bonds. The Morgan fingerprint density at radius 2 is 1.57 bits per heavy atom. The van der Waals surface area contributed by atoms with Gasteiger partial charge in [0.15, 0.2) is 0 Å². The number of nitrogen functional groups attached to an aromatic ring is 1. The summed E-state index contributed by atoms with van der Waals surface area (Å²) in [5.41, 5.74) is 9.18. The van der Waals surface area contributed by atoms with Gasteiger partial charge in [-0.25, -0.2) is 8.42 Å². The van der Waals surface area contributed by atoms with Crippen molar-refractivity contribution in [3.05, 3.63) is 71.8 Å². The lowest BCUT2D eigenvalue weighted by Crippen LogP contribution is -2.12. The predicted octanol–water partition coefficient (Wildman–Crippen LogP) is 4.81. The third kappa shape index (κ3) is 4.47. The monoisotopic (exact) mass is 396 g/mol. The number of benzene rings is 3. The number of nitrogens with two attached hydrogens (primary N) is 1. The summed E-state index contributed by atoms with van der Waals surface area (Å²) in [7, 11) is -3.70. The molecule has 0 heterocycles. The molecule has 3 aromatic carbocycles. The highest BCUT2D eigenvalue weighted by molar-refractivity contribution is 7.92. The smallest absolute Gasteiger partial charge is 0.261 e. The van der Waals surface area contributed by atoms with E-state index < -0.39 is 10.0 Å². The van der Waals surface area contributed by atoms with Gasteiger partial charge >= 0.3 is 0 Å². The fourth-order valence-electron chi connectivity index (χ4n) is 2.42. The van der Waals surface area contributed by atoms with Crippen molar-refractivity contribution in [2.75, 3.05) is 10.5 Å². The number of anilines is 2. The Morgan fingerprint density at radius 1 is 0.929 bits per heavy atom. The van der Waals surface area contributed by atoms with Crippen LogP contribution in [-0.4, -0.2) is 13.5 Å². The van der Waals surface area contributed by atoms with Crippen LogP contribution in [0.3, 0.4) is 0 Å². The molecule has 0 fully saturated rings. The number of aryl methyl sites for hydroxylation is 2. The second-order valence-electron chi connectivity index (χ2n) is 6.36. The highest BCUT2D eigenvalue weighted by Crippen LogP contribution is 2.31. The molecule has 4 N–H and O–H groups in total.